The minimum atomic E-state index is 0.583. The Morgan fingerprint density at radius 2 is 1.88 bits per heavy atom. The van der Waals surface area contributed by atoms with Crippen LogP contribution in [0, 0.1) is 0 Å². The maximum Gasteiger partial charge on any atom is 0.0240 e. The highest BCUT2D eigenvalue weighted by Crippen LogP contribution is 2.17. The summed E-state index contributed by atoms with van der Waals surface area (Å²) in [4.78, 5) is 2.59. The fraction of sp³-hybridized carbons (Fsp3) is 0.571. The lowest BCUT2D eigenvalue weighted by Crippen LogP contribution is -2.59. The Labute approximate surface area is 98.7 Å². The fourth-order valence-electron chi connectivity index (χ4n) is 2.43. The molecule has 1 fully saturated rings. The van der Waals surface area contributed by atoms with E-state index in [1.54, 1.807) is 0 Å². The maximum absolute atomic E-state index is 3.56. The molecule has 1 aliphatic rings. The minimum Gasteiger partial charge on any atom is -0.311 e. The van der Waals surface area contributed by atoms with Gasteiger partial charge in [0.05, 0.1) is 0 Å². The number of hydrogen-bond acceptors (Lipinski definition) is 2. The van der Waals surface area contributed by atoms with Gasteiger partial charge in [-0.15, -0.1) is 0 Å². The van der Waals surface area contributed by atoms with Crippen molar-refractivity contribution in [3.63, 3.8) is 0 Å². The first-order valence-corrected chi connectivity index (χ1v) is 6.21. The standard InChI is InChI=1S/C14H22N2/c1-11-9-15-12(2)13(3)16(11)10-14-7-5-4-6-8-14/h4-8,11-13,15H,9-10H2,1-3H3/t11-,12+,13+/m1/s1. The Kier molecular flexibility index (Phi) is 3.62. The number of nitrogens with one attached hydrogen (secondary N) is 1. The van der Waals surface area contributed by atoms with E-state index >= 15 is 0 Å². The van der Waals surface area contributed by atoms with Gasteiger partial charge in [0.2, 0.25) is 0 Å². The summed E-state index contributed by atoms with van der Waals surface area (Å²) in [7, 11) is 0. The number of hydrogen-bond donors (Lipinski definition) is 1. The molecular formula is C14H22N2. The van der Waals surface area contributed by atoms with Crippen molar-refractivity contribution in [2.75, 3.05) is 6.54 Å². The zero-order chi connectivity index (χ0) is 11.5. The minimum absolute atomic E-state index is 0.583. The van der Waals surface area contributed by atoms with E-state index in [9.17, 15) is 0 Å². The molecule has 0 unspecified atom stereocenters. The quantitative estimate of drug-likeness (QED) is 0.819. The Hall–Kier alpha value is -0.860. The van der Waals surface area contributed by atoms with Crippen LogP contribution in [0.4, 0.5) is 0 Å². The van der Waals surface area contributed by atoms with Gasteiger partial charge in [0.25, 0.3) is 0 Å². The van der Waals surface area contributed by atoms with Crippen molar-refractivity contribution in [2.24, 2.45) is 0 Å². The van der Waals surface area contributed by atoms with Crippen LogP contribution in [0.5, 0.6) is 0 Å². The van der Waals surface area contributed by atoms with E-state index in [-0.39, 0.29) is 0 Å². The monoisotopic (exact) mass is 218 g/mol. The first-order valence-electron chi connectivity index (χ1n) is 6.21. The highest BCUT2D eigenvalue weighted by molar-refractivity contribution is 5.15. The number of rotatable bonds is 2. The molecule has 1 heterocycles. The average molecular weight is 218 g/mol. The first kappa shape index (κ1) is 11.6. The van der Waals surface area contributed by atoms with Gasteiger partial charge in [-0.25, -0.2) is 0 Å². The average Bonchev–Trinajstić information content (AvgIpc) is 2.31. The molecule has 0 radical (unpaired) electrons. The number of benzene rings is 1. The van der Waals surface area contributed by atoms with Crippen LogP contribution in [0.25, 0.3) is 0 Å². The van der Waals surface area contributed by atoms with E-state index in [0.717, 1.165) is 13.1 Å². The number of nitrogens with zero attached hydrogens (tertiary/aromatic N) is 1. The predicted octanol–water partition coefficient (Wildman–Crippen LogP) is 2.26. The van der Waals surface area contributed by atoms with E-state index in [2.05, 4.69) is 61.3 Å². The summed E-state index contributed by atoms with van der Waals surface area (Å²) in [5, 5.41) is 3.56. The lowest BCUT2D eigenvalue weighted by atomic mass is 10.0. The van der Waals surface area contributed by atoms with E-state index in [1.807, 2.05) is 0 Å². The van der Waals surface area contributed by atoms with Gasteiger partial charge >= 0.3 is 0 Å². The summed E-state index contributed by atoms with van der Waals surface area (Å²) < 4.78 is 0. The zero-order valence-corrected chi connectivity index (χ0v) is 10.5. The van der Waals surface area contributed by atoms with Gasteiger partial charge in [-0.2, -0.15) is 0 Å². The molecule has 1 aromatic carbocycles. The van der Waals surface area contributed by atoms with Gasteiger partial charge in [-0.3, -0.25) is 4.90 Å². The summed E-state index contributed by atoms with van der Waals surface area (Å²) in [6.07, 6.45) is 0. The van der Waals surface area contributed by atoms with Crippen LogP contribution in [0.2, 0.25) is 0 Å². The Balaban J connectivity index is 2.07. The molecule has 1 N–H and O–H groups in total. The summed E-state index contributed by atoms with van der Waals surface area (Å²) in [5.74, 6) is 0. The molecule has 3 atom stereocenters. The maximum atomic E-state index is 3.56. The molecule has 0 aromatic heterocycles. The van der Waals surface area contributed by atoms with Crippen LogP contribution in [0.1, 0.15) is 26.3 Å². The zero-order valence-electron chi connectivity index (χ0n) is 10.5. The molecule has 2 rings (SSSR count). The lowest BCUT2D eigenvalue weighted by Gasteiger charge is -2.43. The van der Waals surface area contributed by atoms with Gasteiger partial charge in [0, 0.05) is 31.2 Å². The molecular weight excluding hydrogens is 196 g/mol. The molecule has 16 heavy (non-hydrogen) atoms. The Bertz CT molecular complexity index is 323. The Morgan fingerprint density at radius 3 is 2.56 bits per heavy atom. The van der Waals surface area contributed by atoms with Gasteiger partial charge in [0.1, 0.15) is 0 Å². The van der Waals surface area contributed by atoms with Gasteiger partial charge in [-0.1, -0.05) is 30.3 Å². The Morgan fingerprint density at radius 1 is 1.19 bits per heavy atom. The topological polar surface area (TPSA) is 15.3 Å². The van der Waals surface area contributed by atoms with Crippen LogP contribution >= 0.6 is 0 Å². The second-order valence-electron chi connectivity index (χ2n) is 4.94. The largest absolute Gasteiger partial charge is 0.311 e. The van der Waals surface area contributed by atoms with Crippen LogP contribution in [-0.4, -0.2) is 29.6 Å². The lowest BCUT2D eigenvalue weighted by molar-refractivity contribution is 0.0797. The third-order valence-corrected chi connectivity index (χ3v) is 3.76. The van der Waals surface area contributed by atoms with Crippen molar-refractivity contribution < 1.29 is 0 Å². The van der Waals surface area contributed by atoms with Gasteiger partial charge < -0.3 is 5.32 Å². The van der Waals surface area contributed by atoms with E-state index in [4.69, 9.17) is 0 Å². The molecule has 0 amide bonds. The van der Waals surface area contributed by atoms with Crippen LogP contribution < -0.4 is 5.32 Å². The fourth-order valence-corrected chi connectivity index (χ4v) is 2.43. The molecule has 0 aliphatic carbocycles. The molecule has 1 saturated heterocycles. The predicted molar refractivity (Wildman–Crippen MR) is 68.4 cm³/mol. The molecule has 0 spiro atoms. The van der Waals surface area contributed by atoms with Crippen molar-refractivity contribution in [3.8, 4) is 0 Å². The van der Waals surface area contributed by atoms with Crippen molar-refractivity contribution in [3.05, 3.63) is 35.9 Å². The third-order valence-electron chi connectivity index (χ3n) is 3.76. The highest BCUT2D eigenvalue weighted by atomic mass is 15.3. The smallest absolute Gasteiger partial charge is 0.0240 e. The second kappa shape index (κ2) is 4.98. The van der Waals surface area contributed by atoms with Crippen molar-refractivity contribution in [2.45, 2.75) is 45.4 Å². The van der Waals surface area contributed by atoms with E-state index in [0.29, 0.717) is 18.1 Å². The normalized spacial score (nSPS) is 31.6. The second-order valence-corrected chi connectivity index (χ2v) is 4.94. The molecule has 1 aliphatic heterocycles. The van der Waals surface area contributed by atoms with E-state index in [1.165, 1.54) is 5.56 Å². The van der Waals surface area contributed by atoms with Crippen LogP contribution in [0.3, 0.4) is 0 Å². The van der Waals surface area contributed by atoms with Crippen LogP contribution in [0.15, 0.2) is 30.3 Å². The molecule has 88 valence electrons. The van der Waals surface area contributed by atoms with E-state index < -0.39 is 0 Å². The molecule has 1 aromatic rings. The van der Waals surface area contributed by atoms with Crippen molar-refractivity contribution in [1.82, 2.24) is 10.2 Å². The molecule has 0 bridgehead atoms. The molecule has 2 nitrogen and oxygen atoms in total. The first-order chi connectivity index (χ1) is 7.68. The molecule has 0 saturated carbocycles. The van der Waals surface area contributed by atoms with Crippen LogP contribution in [-0.2, 0) is 6.54 Å². The summed E-state index contributed by atoms with van der Waals surface area (Å²) >= 11 is 0. The van der Waals surface area contributed by atoms with Crippen molar-refractivity contribution >= 4 is 0 Å². The van der Waals surface area contributed by atoms with Gasteiger partial charge in [-0.05, 0) is 26.3 Å². The third kappa shape index (κ3) is 2.45. The number of piperazine rings is 1. The summed E-state index contributed by atoms with van der Waals surface area (Å²) in [6.45, 7) is 9.05. The molecule has 2 heteroatoms. The van der Waals surface area contributed by atoms with Crippen molar-refractivity contribution in [1.29, 1.82) is 0 Å². The summed E-state index contributed by atoms with van der Waals surface area (Å²) in [5.41, 5.74) is 1.41. The SMILES string of the molecule is C[C@@H]1NC[C@@H](C)N(Cc2ccccc2)[C@H]1C. The summed E-state index contributed by atoms with van der Waals surface area (Å²) in [6, 6.07) is 12.6. The van der Waals surface area contributed by atoms with Gasteiger partial charge in [0.15, 0.2) is 0 Å². The highest BCUT2D eigenvalue weighted by Gasteiger charge is 2.29.